The molecule has 0 amide bonds. The summed E-state index contributed by atoms with van der Waals surface area (Å²) in [5, 5.41) is 2.06. The third-order valence-corrected chi connectivity index (χ3v) is 3.41. The molecule has 0 unspecified atom stereocenters. The third kappa shape index (κ3) is 3.35. The van der Waals surface area contributed by atoms with E-state index < -0.39 is 0 Å². The van der Waals surface area contributed by atoms with Gasteiger partial charge in [0.1, 0.15) is 11.5 Å². The highest BCUT2D eigenvalue weighted by molar-refractivity contribution is 6.17. The maximum atomic E-state index is 5.96. The van der Waals surface area contributed by atoms with Crippen molar-refractivity contribution in [1.29, 1.82) is 0 Å². The number of fused-ring (bicyclic) bond motifs is 1. The first-order valence-corrected chi connectivity index (χ1v) is 7.11. The van der Waals surface area contributed by atoms with Crippen LogP contribution in [0, 0.1) is 0 Å². The molecule has 2 rings (SSSR count). The first-order valence-electron chi connectivity index (χ1n) is 6.57. The van der Waals surface area contributed by atoms with Crippen molar-refractivity contribution >= 4 is 22.4 Å². The van der Waals surface area contributed by atoms with Crippen molar-refractivity contribution in [2.75, 3.05) is 27.4 Å². The molecule has 2 aromatic rings. The highest BCUT2D eigenvalue weighted by atomic mass is 35.5. The molecule has 0 aliphatic rings. The monoisotopic (exact) mass is 294 g/mol. The normalized spacial score (nSPS) is 10.8. The lowest BCUT2D eigenvalue weighted by Gasteiger charge is -2.13. The molecule has 0 heterocycles. The number of halogens is 1. The minimum Gasteiger partial charge on any atom is -0.496 e. The molecule has 2 aromatic carbocycles. The van der Waals surface area contributed by atoms with E-state index in [0.29, 0.717) is 19.1 Å². The lowest BCUT2D eigenvalue weighted by Crippen LogP contribution is -2.02. The lowest BCUT2D eigenvalue weighted by molar-refractivity contribution is 0.172. The van der Waals surface area contributed by atoms with Crippen LogP contribution in [0.3, 0.4) is 0 Å². The number of hydrogen-bond acceptors (Lipinski definition) is 3. The second kappa shape index (κ2) is 7.36. The van der Waals surface area contributed by atoms with E-state index in [9.17, 15) is 0 Å². The summed E-state index contributed by atoms with van der Waals surface area (Å²) in [5.41, 5.74) is 1.02. The number of benzene rings is 2. The highest BCUT2D eigenvalue weighted by Gasteiger charge is 2.09. The van der Waals surface area contributed by atoms with Gasteiger partial charge in [0.15, 0.2) is 0 Å². The van der Waals surface area contributed by atoms with Crippen molar-refractivity contribution in [3.8, 4) is 11.5 Å². The Labute approximate surface area is 124 Å². The number of ether oxygens (including phenoxy) is 3. The van der Waals surface area contributed by atoms with Gasteiger partial charge < -0.3 is 14.2 Å². The minimum atomic E-state index is 0.447. The minimum absolute atomic E-state index is 0.447. The van der Waals surface area contributed by atoms with Gasteiger partial charge in [-0.25, -0.2) is 0 Å². The molecule has 4 heteroatoms. The van der Waals surface area contributed by atoms with Gasteiger partial charge in [0.25, 0.3) is 0 Å². The van der Waals surface area contributed by atoms with E-state index in [1.54, 1.807) is 14.2 Å². The average molecular weight is 295 g/mol. The van der Waals surface area contributed by atoms with Crippen molar-refractivity contribution in [3.05, 3.63) is 35.9 Å². The van der Waals surface area contributed by atoms with E-state index in [0.717, 1.165) is 34.3 Å². The van der Waals surface area contributed by atoms with E-state index in [-0.39, 0.29) is 0 Å². The third-order valence-electron chi connectivity index (χ3n) is 3.10. The van der Waals surface area contributed by atoms with Gasteiger partial charge in [0.2, 0.25) is 0 Å². The summed E-state index contributed by atoms with van der Waals surface area (Å²) >= 11 is 5.96. The topological polar surface area (TPSA) is 27.7 Å². The van der Waals surface area contributed by atoms with Crippen LogP contribution in [0.4, 0.5) is 0 Å². The highest BCUT2D eigenvalue weighted by Crippen LogP contribution is 2.34. The predicted octanol–water partition coefficient (Wildman–Crippen LogP) is 4.00. The zero-order valence-corrected chi connectivity index (χ0v) is 12.6. The molecule has 0 saturated carbocycles. The van der Waals surface area contributed by atoms with Gasteiger partial charge in [-0.15, -0.1) is 11.6 Å². The molecule has 108 valence electrons. The summed E-state index contributed by atoms with van der Waals surface area (Å²) < 4.78 is 16.3. The van der Waals surface area contributed by atoms with Crippen LogP contribution in [0.1, 0.15) is 12.0 Å². The Morgan fingerprint density at radius 1 is 1.00 bits per heavy atom. The second-order valence-corrected chi connectivity index (χ2v) is 4.75. The van der Waals surface area contributed by atoms with E-state index in [2.05, 4.69) is 0 Å². The van der Waals surface area contributed by atoms with Crippen molar-refractivity contribution in [2.45, 2.75) is 12.3 Å². The molecule has 0 radical (unpaired) electrons. The molecule has 0 fully saturated rings. The predicted molar refractivity (Wildman–Crippen MR) is 82.0 cm³/mol. The molecule has 0 N–H and O–H groups in total. The van der Waals surface area contributed by atoms with E-state index in [1.165, 1.54) is 0 Å². The first kappa shape index (κ1) is 14.9. The van der Waals surface area contributed by atoms with Gasteiger partial charge in [-0.05, 0) is 23.8 Å². The Kier molecular flexibility index (Phi) is 5.50. The van der Waals surface area contributed by atoms with Crippen molar-refractivity contribution in [2.24, 2.45) is 0 Å². The molecular formula is C16H19ClO3. The van der Waals surface area contributed by atoms with Crippen LogP contribution in [0.15, 0.2) is 30.3 Å². The van der Waals surface area contributed by atoms with Gasteiger partial charge in [0, 0.05) is 36.8 Å². The Morgan fingerprint density at radius 3 is 2.55 bits per heavy atom. The van der Waals surface area contributed by atoms with E-state index in [1.807, 2.05) is 30.3 Å². The average Bonchev–Trinajstić information content (AvgIpc) is 2.50. The molecule has 0 atom stereocenters. The molecule has 0 aliphatic heterocycles. The summed E-state index contributed by atoms with van der Waals surface area (Å²) in [4.78, 5) is 0. The van der Waals surface area contributed by atoms with Crippen LogP contribution in [0.5, 0.6) is 11.5 Å². The summed E-state index contributed by atoms with van der Waals surface area (Å²) in [6, 6.07) is 9.96. The van der Waals surface area contributed by atoms with Crippen LogP contribution in [-0.4, -0.2) is 27.4 Å². The molecule has 0 saturated heterocycles. The number of hydrogen-bond donors (Lipinski definition) is 0. The van der Waals surface area contributed by atoms with Crippen LogP contribution < -0.4 is 9.47 Å². The van der Waals surface area contributed by atoms with Crippen LogP contribution in [0.25, 0.3) is 10.8 Å². The number of rotatable bonds is 7. The lowest BCUT2D eigenvalue weighted by atomic mass is 10.1. The molecular weight excluding hydrogens is 276 g/mol. The fraction of sp³-hybridized carbons (Fsp3) is 0.375. The standard InChI is InChI=1S/C16H19ClO3/c1-18-7-4-8-20-16-10-12(11-17)9-14-13(16)5-3-6-15(14)19-2/h3,5-6,9-10H,4,7-8,11H2,1-2H3. The van der Waals surface area contributed by atoms with Gasteiger partial charge in [-0.2, -0.15) is 0 Å². The number of alkyl halides is 1. The van der Waals surface area contributed by atoms with Crippen molar-refractivity contribution < 1.29 is 14.2 Å². The largest absolute Gasteiger partial charge is 0.496 e. The summed E-state index contributed by atoms with van der Waals surface area (Å²) in [6.45, 7) is 1.31. The van der Waals surface area contributed by atoms with Crippen LogP contribution in [0.2, 0.25) is 0 Å². The van der Waals surface area contributed by atoms with Gasteiger partial charge in [-0.1, -0.05) is 12.1 Å². The maximum Gasteiger partial charge on any atom is 0.127 e. The summed E-state index contributed by atoms with van der Waals surface area (Å²) in [5.74, 6) is 2.12. The zero-order chi connectivity index (χ0) is 14.4. The molecule has 0 bridgehead atoms. The molecule has 0 aromatic heterocycles. The Bertz CT molecular complexity index is 569. The maximum absolute atomic E-state index is 5.96. The van der Waals surface area contributed by atoms with Crippen LogP contribution in [-0.2, 0) is 10.6 Å². The Balaban J connectivity index is 2.36. The summed E-state index contributed by atoms with van der Waals surface area (Å²) in [7, 11) is 3.36. The SMILES string of the molecule is COCCCOc1cc(CCl)cc2c(OC)cccc12. The van der Waals surface area contributed by atoms with Gasteiger partial charge in [-0.3, -0.25) is 0 Å². The summed E-state index contributed by atoms with van der Waals surface area (Å²) in [6.07, 6.45) is 0.854. The zero-order valence-electron chi connectivity index (χ0n) is 11.8. The van der Waals surface area contributed by atoms with Gasteiger partial charge in [0.05, 0.1) is 13.7 Å². The fourth-order valence-corrected chi connectivity index (χ4v) is 2.30. The Hall–Kier alpha value is -1.45. The fourth-order valence-electron chi connectivity index (χ4n) is 2.14. The van der Waals surface area contributed by atoms with Crippen molar-refractivity contribution in [3.63, 3.8) is 0 Å². The number of methoxy groups -OCH3 is 2. The smallest absolute Gasteiger partial charge is 0.127 e. The second-order valence-electron chi connectivity index (χ2n) is 4.48. The Morgan fingerprint density at radius 2 is 1.85 bits per heavy atom. The molecule has 20 heavy (non-hydrogen) atoms. The molecule has 0 aliphatic carbocycles. The van der Waals surface area contributed by atoms with Crippen LogP contribution >= 0.6 is 11.6 Å². The molecule has 0 spiro atoms. The molecule has 3 nitrogen and oxygen atoms in total. The van der Waals surface area contributed by atoms with E-state index in [4.69, 9.17) is 25.8 Å². The first-order chi connectivity index (χ1) is 9.80. The quantitative estimate of drug-likeness (QED) is 0.570. The van der Waals surface area contributed by atoms with E-state index >= 15 is 0 Å². The van der Waals surface area contributed by atoms with Crippen molar-refractivity contribution in [1.82, 2.24) is 0 Å². The van der Waals surface area contributed by atoms with Gasteiger partial charge >= 0.3 is 0 Å².